The number of halogens is 1. The summed E-state index contributed by atoms with van der Waals surface area (Å²) in [4.78, 5) is 12.5. The van der Waals surface area contributed by atoms with Crippen molar-refractivity contribution in [1.82, 2.24) is 0 Å². The number of esters is 1. The van der Waals surface area contributed by atoms with Crippen molar-refractivity contribution in [1.29, 1.82) is 0 Å². The number of rotatable bonds is 14. The van der Waals surface area contributed by atoms with Crippen LogP contribution >= 0.6 is 0 Å². The summed E-state index contributed by atoms with van der Waals surface area (Å²) < 4.78 is 20.0. The van der Waals surface area contributed by atoms with E-state index in [0.29, 0.717) is 18.1 Å². The van der Waals surface area contributed by atoms with Crippen LogP contribution in [0.3, 0.4) is 0 Å². The second-order valence-corrected chi connectivity index (χ2v) is 11.6. The second-order valence-electron chi connectivity index (χ2n) is 11.6. The molecule has 0 N–H and O–H groups in total. The second kappa shape index (κ2) is 15.7. The molecule has 0 spiro atoms. The van der Waals surface area contributed by atoms with Gasteiger partial charge in [0.15, 0.2) is 0 Å². The van der Waals surface area contributed by atoms with Gasteiger partial charge in [0.05, 0.1) is 0 Å². The minimum absolute atomic E-state index is 0.213. The number of carbonyl (C=O) groups is 1. The molecule has 2 saturated carbocycles. The monoisotopic (exact) mass is 486 g/mol. The van der Waals surface area contributed by atoms with Crippen molar-refractivity contribution in [2.45, 2.75) is 136 Å². The molecule has 1 unspecified atom stereocenters. The number of ether oxygens (including phenoxy) is 1. The first kappa shape index (κ1) is 28.2. The van der Waals surface area contributed by atoms with E-state index >= 15 is 0 Å². The van der Waals surface area contributed by atoms with Gasteiger partial charge in [-0.1, -0.05) is 97.0 Å². The van der Waals surface area contributed by atoms with Gasteiger partial charge in [-0.15, -0.1) is 0 Å². The number of hydrogen-bond acceptors (Lipinski definition) is 2. The van der Waals surface area contributed by atoms with Gasteiger partial charge in [0, 0.05) is 12.5 Å². The standard InChI is InChI=1S/C32H51FO2/c1-3-5-6-7-8-9-13-28-20-21-30(24-31(28)33)35-32(34)22-17-26-12-10-14-29(23-26)27-18-15-25(11-4-2)16-19-27/h20-21,24-27,29H,3-19,22-23H2,1-2H3/t25-,26?,27-,29-/m0/s1. The van der Waals surface area contributed by atoms with Gasteiger partial charge in [0.2, 0.25) is 0 Å². The summed E-state index contributed by atoms with van der Waals surface area (Å²) in [5.74, 6) is 3.29. The smallest absolute Gasteiger partial charge is 0.311 e. The van der Waals surface area contributed by atoms with Gasteiger partial charge >= 0.3 is 5.97 Å². The van der Waals surface area contributed by atoms with Crippen LogP contribution < -0.4 is 4.74 Å². The van der Waals surface area contributed by atoms with Crippen LogP contribution in [0.2, 0.25) is 0 Å². The maximum absolute atomic E-state index is 14.5. The number of benzene rings is 1. The Morgan fingerprint density at radius 2 is 1.63 bits per heavy atom. The summed E-state index contributed by atoms with van der Waals surface area (Å²) in [5, 5.41) is 0. The van der Waals surface area contributed by atoms with E-state index in [9.17, 15) is 9.18 Å². The molecule has 2 nitrogen and oxygen atoms in total. The Kier molecular flexibility index (Phi) is 12.6. The van der Waals surface area contributed by atoms with Crippen LogP contribution in [0.4, 0.5) is 4.39 Å². The zero-order chi connectivity index (χ0) is 24.9. The normalized spacial score (nSPS) is 24.9. The molecular formula is C32H51FO2. The van der Waals surface area contributed by atoms with E-state index in [-0.39, 0.29) is 11.8 Å². The molecule has 2 aliphatic rings. The molecule has 2 aliphatic carbocycles. The Morgan fingerprint density at radius 3 is 2.37 bits per heavy atom. The predicted molar refractivity (Wildman–Crippen MR) is 144 cm³/mol. The highest BCUT2D eigenvalue weighted by molar-refractivity contribution is 5.72. The van der Waals surface area contributed by atoms with Gasteiger partial charge in [-0.2, -0.15) is 0 Å². The summed E-state index contributed by atoms with van der Waals surface area (Å²) >= 11 is 0. The summed E-state index contributed by atoms with van der Waals surface area (Å²) in [5.41, 5.74) is 0.734. The van der Waals surface area contributed by atoms with Crippen molar-refractivity contribution >= 4 is 5.97 Å². The molecule has 0 aromatic heterocycles. The molecule has 35 heavy (non-hydrogen) atoms. The van der Waals surface area contributed by atoms with E-state index in [1.807, 2.05) is 0 Å². The minimum atomic E-state index is -0.243. The van der Waals surface area contributed by atoms with Gasteiger partial charge in [-0.25, -0.2) is 4.39 Å². The molecule has 0 aliphatic heterocycles. The van der Waals surface area contributed by atoms with E-state index in [1.165, 1.54) is 96.0 Å². The van der Waals surface area contributed by atoms with Crippen LogP contribution in [-0.2, 0) is 11.2 Å². The average Bonchev–Trinajstić information content (AvgIpc) is 2.87. The van der Waals surface area contributed by atoms with Crippen LogP contribution in [0.1, 0.15) is 135 Å². The highest BCUT2D eigenvalue weighted by atomic mass is 19.1. The fourth-order valence-corrected chi connectivity index (χ4v) is 6.77. The van der Waals surface area contributed by atoms with Crippen LogP contribution in [0.5, 0.6) is 5.75 Å². The van der Waals surface area contributed by atoms with Crippen molar-refractivity contribution in [3.05, 3.63) is 29.6 Å². The van der Waals surface area contributed by atoms with Crippen LogP contribution in [0.15, 0.2) is 18.2 Å². The van der Waals surface area contributed by atoms with Crippen molar-refractivity contribution < 1.29 is 13.9 Å². The Balaban J connectivity index is 1.35. The number of aryl methyl sites for hydroxylation is 1. The highest BCUT2D eigenvalue weighted by Crippen LogP contribution is 2.43. The zero-order valence-corrected chi connectivity index (χ0v) is 22.7. The fraction of sp³-hybridized carbons (Fsp3) is 0.781. The fourth-order valence-electron chi connectivity index (χ4n) is 6.77. The minimum Gasteiger partial charge on any atom is -0.426 e. The van der Waals surface area contributed by atoms with Crippen molar-refractivity contribution in [2.24, 2.45) is 23.7 Å². The van der Waals surface area contributed by atoms with Crippen LogP contribution in [-0.4, -0.2) is 5.97 Å². The molecule has 2 atom stereocenters. The summed E-state index contributed by atoms with van der Waals surface area (Å²) in [7, 11) is 0. The van der Waals surface area contributed by atoms with E-state index in [4.69, 9.17) is 4.74 Å². The lowest BCUT2D eigenvalue weighted by Crippen LogP contribution is -2.27. The average molecular weight is 487 g/mol. The summed E-state index contributed by atoms with van der Waals surface area (Å²) in [6.45, 7) is 4.53. The van der Waals surface area contributed by atoms with Gasteiger partial charge in [0.1, 0.15) is 11.6 Å². The molecule has 0 saturated heterocycles. The quantitative estimate of drug-likeness (QED) is 0.149. The molecular weight excluding hydrogens is 435 g/mol. The lowest BCUT2D eigenvalue weighted by molar-refractivity contribution is -0.134. The first-order valence-corrected chi connectivity index (χ1v) is 15.1. The van der Waals surface area contributed by atoms with E-state index in [1.54, 1.807) is 12.1 Å². The molecule has 3 heteroatoms. The molecule has 0 radical (unpaired) electrons. The molecule has 1 aromatic rings. The predicted octanol–water partition coefficient (Wildman–Crippen LogP) is 9.83. The Morgan fingerprint density at radius 1 is 0.857 bits per heavy atom. The zero-order valence-electron chi connectivity index (χ0n) is 22.7. The summed E-state index contributed by atoms with van der Waals surface area (Å²) in [6.07, 6.45) is 23.0. The molecule has 0 heterocycles. The SMILES string of the molecule is CCCCCCCCc1ccc(OC(=O)CCC2CCC[C@H]([C@H]3CC[C@H](CCC)CC3)C2)cc1F. The van der Waals surface area contributed by atoms with E-state index < -0.39 is 0 Å². The van der Waals surface area contributed by atoms with Crippen molar-refractivity contribution in [2.75, 3.05) is 0 Å². The molecule has 1 aromatic carbocycles. The van der Waals surface area contributed by atoms with Crippen molar-refractivity contribution in [3.63, 3.8) is 0 Å². The molecule has 2 fully saturated rings. The molecule has 0 amide bonds. The van der Waals surface area contributed by atoms with Gasteiger partial charge in [-0.3, -0.25) is 4.79 Å². The molecule has 198 valence electrons. The number of hydrogen-bond donors (Lipinski definition) is 0. The maximum Gasteiger partial charge on any atom is 0.311 e. The first-order chi connectivity index (χ1) is 17.1. The van der Waals surface area contributed by atoms with Gasteiger partial charge < -0.3 is 4.74 Å². The van der Waals surface area contributed by atoms with E-state index in [2.05, 4.69) is 13.8 Å². The van der Waals surface area contributed by atoms with Crippen LogP contribution in [0.25, 0.3) is 0 Å². The topological polar surface area (TPSA) is 26.3 Å². The molecule has 0 bridgehead atoms. The first-order valence-electron chi connectivity index (χ1n) is 15.1. The maximum atomic E-state index is 14.5. The lowest BCUT2D eigenvalue weighted by atomic mass is 9.67. The largest absolute Gasteiger partial charge is 0.426 e. The lowest BCUT2D eigenvalue weighted by Gasteiger charge is -2.38. The Labute approximate surface area is 214 Å². The Hall–Kier alpha value is -1.38. The third-order valence-electron chi connectivity index (χ3n) is 8.89. The number of carbonyl (C=O) groups excluding carboxylic acids is 1. The number of unbranched alkanes of at least 4 members (excludes halogenated alkanes) is 5. The van der Waals surface area contributed by atoms with Crippen LogP contribution in [0, 0.1) is 29.5 Å². The third kappa shape index (κ3) is 9.89. The molecule has 3 rings (SSSR count). The van der Waals surface area contributed by atoms with Gasteiger partial charge in [-0.05, 0) is 73.8 Å². The summed E-state index contributed by atoms with van der Waals surface area (Å²) in [6, 6.07) is 4.96. The van der Waals surface area contributed by atoms with Crippen molar-refractivity contribution in [3.8, 4) is 5.75 Å². The van der Waals surface area contributed by atoms with E-state index in [0.717, 1.165) is 49.0 Å². The third-order valence-corrected chi connectivity index (χ3v) is 8.89. The van der Waals surface area contributed by atoms with Gasteiger partial charge in [0.25, 0.3) is 0 Å². The Bertz CT molecular complexity index is 737. The highest BCUT2D eigenvalue weighted by Gasteiger charge is 2.31.